The Bertz CT molecular complexity index is 854. The van der Waals surface area contributed by atoms with E-state index < -0.39 is 0 Å². The smallest absolute Gasteiger partial charge is 0.271 e. The van der Waals surface area contributed by atoms with Gasteiger partial charge < -0.3 is 10.2 Å². The van der Waals surface area contributed by atoms with Gasteiger partial charge in [-0.3, -0.25) is 14.2 Å². The van der Waals surface area contributed by atoms with Crippen LogP contribution in [-0.4, -0.2) is 44.3 Å². The highest BCUT2D eigenvalue weighted by molar-refractivity contribution is 5.93. The Morgan fingerprint density at radius 3 is 2.80 bits per heavy atom. The van der Waals surface area contributed by atoms with E-state index in [4.69, 9.17) is 0 Å². The second kappa shape index (κ2) is 7.03. The van der Waals surface area contributed by atoms with E-state index in [1.54, 1.807) is 12.4 Å². The molecular formula is C19H21N5O. The fourth-order valence-electron chi connectivity index (χ4n) is 3.42. The zero-order chi connectivity index (χ0) is 17.1. The van der Waals surface area contributed by atoms with Gasteiger partial charge in [-0.25, -0.2) is 4.98 Å². The van der Waals surface area contributed by atoms with Crippen LogP contribution in [0.15, 0.2) is 55.0 Å². The molecule has 4 rings (SSSR count). The lowest BCUT2D eigenvalue weighted by atomic mass is 10.0. The minimum absolute atomic E-state index is 0.0288. The maximum Gasteiger partial charge on any atom is 0.271 e. The molecule has 0 unspecified atom stereocenters. The lowest BCUT2D eigenvalue weighted by molar-refractivity contribution is 0.0612. The number of rotatable bonds is 4. The third kappa shape index (κ3) is 3.25. The molecule has 0 radical (unpaired) electrons. The number of hydrogen-bond donors (Lipinski definition) is 1. The molecule has 1 amide bonds. The summed E-state index contributed by atoms with van der Waals surface area (Å²) >= 11 is 0. The van der Waals surface area contributed by atoms with Crippen LogP contribution in [0.1, 0.15) is 29.0 Å². The Balaban J connectivity index is 1.69. The van der Waals surface area contributed by atoms with Crippen molar-refractivity contribution in [2.24, 2.45) is 0 Å². The lowest BCUT2D eigenvalue weighted by Gasteiger charge is -2.34. The van der Waals surface area contributed by atoms with Gasteiger partial charge in [-0.2, -0.15) is 0 Å². The molecule has 3 aromatic rings. The first-order valence-electron chi connectivity index (χ1n) is 8.66. The van der Waals surface area contributed by atoms with Crippen LogP contribution in [0.2, 0.25) is 0 Å². The minimum atomic E-state index is 0.0288. The molecule has 25 heavy (non-hydrogen) atoms. The maximum absolute atomic E-state index is 13.4. The van der Waals surface area contributed by atoms with Gasteiger partial charge in [0.1, 0.15) is 11.3 Å². The van der Waals surface area contributed by atoms with E-state index in [1.807, 2.05) is 51.9 Å². The number of carbonyl (C=O) groups is 1. The van der Waals surface area contributed by atoms with E-state index in [2.05, 4.69) is 15.3 Å². The number of nitrogens with one attached hydrogen (secondary N) is 1. The van der Waals surface area contributed by atoms with E-state index >= 15 is 0 Å². The normalized spacial score (nSPS) is 15.4. The maximum atomic E-state index is 13.4. The Morgan fingerprint density at radius 2 is 2.00 bits per heavy atom. The Kier molecular flexibility index (Phi) is 4.43. The number of carbonyl (C=O) groups excluding carboxylic acids is 1. The van der Waals surface area contributed by atoms with Crippen LogP contribution < -0.4 is 5.32 Å². The number of fused-ring (bicyclic) bond motifs is 1. The molecule has 0 aliphatic carbocycles. The molecular weight excluding hydrogens is 314 g/mol. The fourth-order valence-corrected chi connectivity index (χ4v) is 3.42. The third-order valence-corrected chi connectivity index (χ3v) is 4.72. The van der Waals surface area contributed by atoms with Crippen LogP contribution in [-0.2, 0) is 6.54 Å². The molecule has 1 saturated heterocycles. The van der Waals surface area contributed by atoms with Crippen molar-refractivity contribution in [3.63, 3.8) is 0 Å². The molecule has 3 aromatic heterocycles. The minimum Gasteiger partial charge on any atom is -0.328 e. The van der Waals surface area contributed by atoms with E-state index in [0.717, 1.165) is 37.3 Å². The first-order valence-corrected chi connectivity index (χ1v) is 8.66. The van der Waals surface area contributed by atoms with Crippen molar-refractivity contribution in [3.05, 3.63) is 66.4 Å². The topological polar surface area (TPSA) is 62.5 Å². The summed E-state index contributed by atoms with van der Waals surface area (Å²) in [6.07, 6.45) is 7.25. The summed E-state index contributed by atoms with van der Waals surface area (Å²) in [5.74, 6) is 0.0288. The van der Waals surface area contributed by atoms with Crippen molar-refractivity contribution in [1.82, 2.24) is 24.6 Å². The molecule has 1 aliphatic rings. The van der Waals surface area contributed by atoms with Crippen LogP contribution in [0.5, 0.6) is 0 Å². The van der Waals surface area contributed by atoms with Crippen molar-refractivity contribution >= 4 is 11.6 Å². The molecule has 0 aromatic carbocycles. The fraction of sp³-hybridized carbons (Fsp3) is 0.316. The van der Waals surface area contributed by atoms with Gasteiger partial charge in [0.2, 0.25) is 0 Å². The number of aromatic nitrogens is 3. The summed E-state index contributed by atoms with van der Waals surface area (Å²) in [7, 11) is 0. The predicted octanol–water partition coefficient (Wildman–Crippen LogP) is 2.12. The SMILES string of the molecule is O=C(c1cccc2nccn12)N(Cc1ccccn1)C1CCNCC1. The van der Waals surface area contributed by atoms with Crippen molar-refractivity contribution in [2.75, 3.05) is 13.1 Å². The number of amides is 1. The zero-order valence-corrected chi connectivity index (χ0v) is 14.0. The monoisotopic (exact) mass is 335 g/mol. The molecule has 1 N–H and O–H groups in total. The largest absolute Gasteiger partial charge is 0.328 e. The van der Waals surface area contributed by atoms with Crippen LogP contribution >= 0.6 is 0 Å². The predicted molar refractivity (Wildman–Crippen MR) is 95.2 cm³/mol. The highest BCUT2D eigenvalue weighted by Gasteiger charge is 2.27. The molecule has 1 aliphatic heterocycles. The second-order valence-electron chi connectivity index (χ2n) is 6.30. The molecule has 0 bridgehead atoms. The van der Waals surface area contributed by atoms with Crippen molar-refractivity contribution < 1.29 is 4.79 Å². The van der Waals surface area contributed by atoms with Crippen LogP contribution in [0, 0.1) is 0 Å². The second-order valence-corrected chi connectivity index (χ2v) is 6.30. The summed E-state index contributed by atoms with van der Waals surface area (Å²) in [5, 5.41) is 3.37. The van der Waals surface area contributed by atoms with Crippen LogP contribution in [0.4, 0.5) is 0 Å². The molecule has 0 saturated carbocycles. The van der Waals surface area contributed by atoms with Crippen LogP contribution in [0.25, 0.3) is 5.65 Å². The van der Waals surface area contributed by atoms with Crippen molar-refractivity contribution in [2.45, 2.75) is 25.4 Å². The van der Waals surface area contributed by atoms with Gasteiger partial charge in [0.05, 0.1) is 12.2 Å². The number of imidazole rings is 1. The van der Waals surface area contributed by atoms with E-state index in [-0.39, 0.29) is 11.9 Å². The summed E-state index contributed by atoms with van der Waals surface area (Å²) in [5.41, 5.74) is 2.34. The van der Waals surface area contributed by atoms with Gasteiger partial charge in [-0.15, -0.1) is 0 Å². The van der Waals surface area contributed by atoms with Gasteiger partial charge in [0, 0.05) is 24.6 Å². The summed E-state index contributed by atoms with van der Waals surface area (Å²) in [6, 6.07) is 11.7. The number of nitrogens with zero attached hydrogens (tertiary/aromatic N) is 4. The summed E-state index contributed by atoms with van der Waals surface area (Å²) in [6.45, 7) is 2.40. The highest BCUT2D eigenvalue weighted by Crippen LogP contribution is 2.19. The van der Waals surface area contributed by atoms with E-state index in [0.29, 0.717) is 12.2 Å². The zero-order valence-electron chi connectivity index (χ0n) is 14.0. The molecule has 128 valence electrons. The molecule has 0 spiro atoms. The van der Waals surface area contributed by atoms with Crippen LogP contribution in [0.3, 0.4) is 0 Å². The van der Waals surface area contributed by atoms with Gasteiger partial charge in [0.15, 0.2) is 0 Å². The van der Waals surface area contributed by atoms with E-state index in [9.17, 15) is 4.79 Å². The molecule has 6 heteroatoms. The van der Waals surface area contributed by atoms with Gasteiger partial charge >= 0.3 is 0 Å². The number of hydrogen-bond acceptors (Lipinski definition) is 4. The van der Waals surface area contributed by atoms with Crippen molar-refractivity contribution in [3.8, 4) is 0 Å². The Labute approximate surface area is 146 Å². The summed E-state index contributed by atoms with van der Waals surface area (Å²) in [4.78, 5) is 24.1. The van der Waals surface area contributed by atoms with E-state index in [1.165, 1.54) is 0 Å². The van der Waals surface area contributed by atoms with Gasteiger partial charge in [-0.1, -0.05) is 12.1 Å². The van der Waals surface area contributed by atoms with Crippen molar-refractivity contribution in [1.29, 1.82) is 0 Å². The first kappa shape index (κ1) is 15.8. The number of pyridine rings is 2. The quantitative estimate of drug-likeness (QED) is 0.793. The Morgan fingerprint density at radius 1 is 1.12 bits per heavy atom. The average molecular weight is 335 g/mol. The standard InChI is InChI=1S/C19H21N5O/c25-19(17-5-3-6-18-22-12-13-23(17)18)24(16-7-10-20-11-8-16)14-15-4-1-2-9-21-15/h1-6,9,12-13,16,20H,7-8,10-11,14H2. The molecule has 1 fully saturated rings. The lowest BCUT2D eigenvalue weighted by Crippen LogP contribution is -2.46. The van der Waals surface area contributed by atoms with Gasteiger partial charge in [-0.05, 0) is 50.2 Å². The molecule has 4 heterocycles. The number of piperidine rings is 1. The molecule has 0 atom stereocenters. The Hall–Kier alpha value is -2.73. The summed E-state index contributed by atoms with van der Waals surface area (Å²) < 4.78 is 1.86. The first-order chi connectivity index (χ1) is 12.3. The average Bonchev–Trinajstić information content (AvgIpc) is 3.16. The molecule has 6 nitrogen and oxygen atoms in total. The van der Waals surface area contributed by atoms with Gasteiger partial charge in [0.25, 0.3) is 5.91 Å². The third-order valence-electron chi connectivity index (χ3n) is 4.72. The highest BCUT2D eigenvalue weighted by atomic mass is 16.2.